The Labute approximate surface area is 196 Å². The molecule has 166 valence electrons. The molecule has 0 saturated carbocycles. The molecule has 3 heterocycles. The summed E-state index contributed by atoms with van der Waals surface area (Å²) in [6.07, 6.45) is 1.79. The molecule has 1 amide bonds. The van der Waals surface area contributed by atoms with Gasteiger partial charge in [-0.25, -0.2) is 0 Å². The fourth-order valence-electron chi connectivity index (χ4n) is 3.80. The molecule has 2 N–H and O–H groups in total. The van der Waals surface area contributed by atoms with E-state index in [1.807, 2.05) is 36.4 Å². The molecule has 32 heavy (non-hydrogen) atoms. The number of aryl methyl sites for hydroxylation is 1. The van der Waals surface area contributed by atoms with Gasteiger partial charge < -0.3 is 25.0 Å². The van der Waals surface area contributed by atoms with E-state index >= 15 is 0 Å². The Balaban J connectivity index is 1.77. The zero-order valence-corrected chi connectivity index (χ0v) is 19.6. The lowest BCUT2D eigenvalue weighted by molar-refractivity contribution is -0.119. The SMILES string of the molecule is COCC(=O)Nc1cc(N2C(=S)NC(c3ccccn3)C2c2ccc(C)s2)ccc1OC. The van der Waals surface area contributed by atoms with Gasteiger partial charge in [-0.1, -0.05) is 6.07 Å². The van der Waals surface area contributed by atoms with Crippen molar-refractivity contribution in [2.45, 2.75) is 19.0 Å². The van der Waals surface area contributed by atoms with E-state index < -0.39 is 0 Å². The Hall–Kier alpha value is -3.01. The number of rotatable bonds is 7. The van der Waals surface area contributed by atoms with Crippen molar-refractivity contribution < 1.29 is 14.3 Å². The van der Waals surface area contributed by atoms with E-state index in [4.69, 9.17) is 21.7 Å². The fraction of sp³-hybridized carbons (Fsp3) is 0.261. The predicted molar refractivity (Wildman–Crippen MR) is 130 cm³/mol. The number of anilines is 2. The van der Waals surface area contributed by atoms with Gasteiger partial charge in [-0.15, -0.1) is 11.3 Å². The van der Waals surface area contributed by atoms with Crippen molar-refractivity contribution in [3.8, 4) is 5.75 Å². The number of thiophene rings is 1. The highest BCUT2D eigenvalue weighted by Crippen LogP contribution is 2.44. The van der Waals surface area contributed by atoms with E-state index in [0.29, 0.717) is 16.5 Å². The van der Waals surface area contributed by atoms with Crippen LogP contribution in [0, 0.1) is 6.92 Å². The Bertz CT molecular complexity index is 1120. The van der Waals surface area contributed by atoms with Gasteiger partial charge in [0, 0.05) is 28.7 Å². The second kappa shape index (κ2) is 9.64. The Kier molecular flexibility index (Phi) is 6.69. The molecule has 1 aliphatic rings. The Morgan fingerprint density at radius 2 is 2.09 bits per heavy atom. The standard InChI is InChI=1S/C23H24N4O3S2/c1-14-7-10-19(32-14)22-21(16-6-4-5-11-24-16)26-23(31)27(22)15-8-9-18(30-3)17(12-15)25-20(28)13-29-2/h4-12,21-22H,13H2,1-3H3,(H,25,28)(H,26,31). The number of carbonyl (C=O) groups excluding carboxylic acids is 1. The molecular weight excluding hydrogens is 444 g/mol. The van der Waals surface area contributed by atoms with Crippen molar-refractivity contribution >= 4 is 45.9 Å². The van der Waals surface area contributed by atoms with E-state index in [1.54, 1.807) is 24.6 Å². The third-order valence-corrected chi connectivity index (χ3v) is 6.55. The zero-order chi connectivity index (χ0) is 22.7. The summed E-state index contributed by atoms with van der Waals surface area (Å²) in [4.78, 5) is 21.2. The van der Waals surface area contributed by atoms with Crippen LogP contribution in [0.4, 0.5) is 11.4 Å². The summed E-state index contributed by atoms with van der Waals surface area (Å²) in [6.45, 7) is 2.04. The van der Waals surface area contributed by atoms with Crippen LogP contribution in [0.5, 0.6) is 5.75 Å². The van der Waals surface area contributed by atoms with Gasteiger partial charge in [-0.05, 0) is 61.6 Å². The normalized spacial score (nSPS) is 17.8. The first-order valence-corrected chi connectivity index (χ1v) is 11.3. The van der Waals surface area contributed by atoms with Crippen LogP contribution in [-0.2, 0) is 9.53 Å². The maximum atomic E-state index is 12.2. The number of benzene rings is 1. The topological polar surface area (TPSA) is 75.7 Å². The van der Waals surface area contributed by atoms with Crippen LogP contribution < -0.4 is 20.3 Å². The second-order valence-electron chi connectivity index (χ2n) is 7.31. The van der Waals surface area contributed by atoms with Crippen molar-refractivity contribution in [1.29, 1.82) is 0 Å². The summed E-state index contributed by atoms with van der Waals surface area (Å²) in [7, 11) is 3.05. The monoisotopic (exact) mass is 468 g/mol. The van der Waals surface area contributed by atoms with E-state index in [2.05, 4.69) is 39.6 Å². The highest BCUT2D eigenvalue weighted by atomic mass is 32.1. The number of methoxy groups -OCH3 is 2. The third kappa shape index (κ3) is 4.45. The minimum atomic E-state index is -0.262. The van der Waals surface area contributed by atoms with E-state index in [-0.39, 0.29) is 24.6 Å². The number of ether oxygens (including phenoxy) is 2. The van der Waals surface area contributed by atoms with Crippen LogP contribution in [-0.4, -0.2) is 36.8 Å². The average molecular weight is 469 g/mol. The first kappa shape index (κ1) is 22.2. The van der Waals surface area contributed by atoms with Gasteiger partial charge in [0.1, 0.15) is 12.4 Å². The molecule has 1 aromatic carbocycles. The third-order valence-electron chi connectivity index (χ3n) is 5.16. The molecular formula is C23H24N4O3S2. The van der Waals surface area contributed by atoms with Gasteiger partial charge in [0.2, 0.25) is 5.91 Å². The molecule has 3 aromatic rings. The molecule has 4 rings (SSSR count). The number of aromatic nitrogens is 1. The van der Waals surface area contributed by atoms with E-state index in [0.717, 1.165) is 11.4 Å². The lowest BCUT2D eigenvalue weighted by Crippen LogP contribution is -2.29. The van der Waals surface area contributed by atoms with Crippen molar-refractivity contribution in [3.63, 3.8) is 0 Å². The van der Waals surface area contributed by atoms with Gasteiger partial charge in [-0.2, -0.15) is 0 Å². The smallest absolute Gasteiger partial charge is 0.250 e. The van der Waals surface area contributed by atoms with Gasteiger partial charge in [0.25, 0.3) is 0 Å². The summed E-state index contributed by atoms with van der Waals surface area (Å²) in [5.41, 5.74) is 2.30. The number of hydrogen-bond acceptors (Lipinski definition) is 6. The summed E-state index contributed by atoms with van der Waals surface area (Å²) in [5.74, 6) is 0.294. The maximum Gasteiger partial charge on any atom is 0.250 e. The van der Waals surface area contributed by atoms with Gasteiger partial charge in [-0.3, -0.25) is 9.78 Å². The summed E-state index contributed by atoms with van der Waals surface area (Å²) in [6, 6.07) is 15.5. The first-order valence-electron chi connectivity index (χ1n) is 10.1. The number of amides is 1. The molecule has 1 aliphatic heterocycles. The highest BCUT2D eigenvalue weighted by molar-refractivity contribution is 7.80. The first-order chi connectivity index (χ1) is 15.5. The number of hydrogen-bond donors (Lipinski definition) is 2. The van der Waals surface area contributed by atoms with E-state index in [1.165, 1.54) is 16.9 Å². The number of nitrogens with one attached hydrogen (secondary N) is 2. The summed E-state index contributed by atoms with van der Waals surface area (Å²) < 4.78 is 10.4. The minimum Gasteiger partial charge on any atom is -0.495 e. The molecule has 1 saturated heterocycles. The van der Waals surface area contributed by atoms with Crippen molar-refractivity contribution in [2.24, 2.45) is 0 Å². The van der Waals surface area contributed by atoms with Crippen LogP contribution >= 0.6 is 23.6 Å². The summed E-state index contributed by atoms with van der Waals surface area (Å²) in [5, 5.41) is 6.90. The summed E-state index contributed by atoms with van der Waals surface area (Å²) >= 11 is 7.50. The van der Waals surface area contributed by atoms with Crippen molar-refractivity contribution in [3.05, 3.63) is 70.2 Å². The quantitative estimate of drug-likeness (QED) is 0.503. The maximum absolute atomic E-state index is 12.2. The lowest BCUT2D eigenvalue weighted by atomic mass is 10.0. The number of nitrogens with zero attached hydrogens (tertiary/aromatic N) is 2. The van der Waals surface area contributed by atoms with Gasteiger partial charge >= 0.3 is 0 Å². The molecule has 2 atom stereocenters. The van der Waals surface area contributed by atoms with Crippen LogP contribution in [0.15, 0.2) is 54.7 Å². The lowest BCUT2D eigenvalue weighted by Gasteiger charge is -2.27. The van der Waals surface area contributed by atoms with Crippen molar-refractivity contribution in [1.82, 2.24) is 10.3 Å². The molecule has 2 aromatic heterocycles. The molecule has 1 fully saturated rings. The molecule has 0 radical (unpaired) electrons. The number of thiocarbonyl (C=S) groups is 1. The molecule has 7 nitrogen and oxygen atoms in total. The fourth-order valence-corrected chi connectivity index (χ4v) is 5.15. The van der Waals surface area contributed by atoms with Gasteiger partial charge in [0.05, 0.1) is 30.6 Å². The largest absolute Gasteiger partial charge is 0.495 e. The van der Waals surface area contributed by atoms with Crippen LogP contribution in [0.1, 0.15) is 27.5 Å². The predicted octanol–water partition coefficient (Wildman–Crippen LogP) is 4.22. The van der Waals surface area contributed by atoms with Gasteiger partial charge in [0.15, 0.2) is 5.11 Å². The molecule has 0 bridgehead atoms. The van der Waals surface area contributed by atoms with Crippen LogP contribution in [0.25, 0.3) is 0 Å². The van der Waals surface area contributed by atoms with E-state index in [9.17, 15) is 4.79 Å². The number of pyridine rings is 1. The van der Waals surface area contributed by atoms with Crippen LogP contribution in [0.2, 0.25) is 0 Å². The Morgan fingerprint density at radius 3 is 2.75 bits per heavy atom. The molecule has 2 unspecified atom stereocenters. The zero-order valence-electron chi connectivity index (χ0n) is 18.0. The average Bonchev–Trinajstić information content (AvgIpc) is 3.37. The minimum absolute atomic E-state index is 0.0457. The Morgan fingerprint density at radius 1 is 1.25 bits per heavy atom. The van der Waals surface area contributed by atoms with Crippen LogP contribution in [0.3, 0.4) is 0 Å². The molecule has 9 heteroatoms. The molecule has 0 aliphatic carbocycles. The highest BCUT2D eigenvalue weighted by Gasteiger charge is 2.41. The molecule has 0 spiro atoms. The number of carbonyl (C=O) groups is 1. The second-order valence-corrected chi connectivity index (χ2v) is 9.02. The van der Waals surface area contributed by atoms with Crippen molar-refractivity contribution in [2.75, 3.05) is 31.0 Å².